The second-order valence-electron chi connectivity index (χ2n) is 13.7. The van der Waals surface area contributed by atoms with Crippen LogP contribution in [0.15, 0.2) is 0 Å². The van der Waals surface area contributed by atoms with Crippen molar-refractivity contribution in [3.63, 3.8) is 0 Å². The number of nitrogens with zero attached hydrogens (tertiary/aromatic N) is 2. The summed E-state index contributed by atoms with van der Waals surface area (Å²) >= 11 is 0. The topological polar surface area (TPSA) is 83.1 Å². The largest absolute Gasteiger partial charge is 0.453 e. The highest BCUT2D eigenvalue weighted by Crippen LogP contribution is 2.33. The third-order valence-corrected chi connectivity index (χ3v) is 7.59. The molecule has 0 aromatic carbocycles. The molecule has 2 fully saturated rings. The summed E-state index contributed by atoms with van der Waals surface area (Å²) in [4.78, 5) is 29.2. The number of amides is 2. The van der Waals surface area contributed by atoms with E-state index in [0.717, 1.165) is 51.4 Å². The van der Waals surface area contributed by atoms with Gasteiger partial charge in [-0.2, -0.15) is 0 Å². The van der Waals surface area contributed by atoms with Crippen molar-refractivity contribution < 1.29 is 19.1 Å². The zero-order valence-electron chi connectivity index (χ0n) is 24.8. The molecule has 0 radical (unpaired) electrons. The third kappa shape index (κ3) is 9.09. The molecular formula is C28H54N4O4. The maximum atomic E-state index is 12.7. The summed E-state index contributed by atoms with van der Waals surface area (Å²) < 4.78 is 10.3. The molecule has 8 nitrogen and oxygen atoms in total. The Hall–Kier alpha value is -1.54. The van der Waals surface area contributed by atoms with Crippen molar-refractivity contribution in [3.8, 4) is 0 Å². The fraction of sp³-hybridized carbons (Fsp3) is 0.929. The van der Waals surface area contributed by atoms with Crippen molar-refractivity contribution in [1.29, 1.82) is 0 Å². The zero-order chi connectivity index (χ0) is 27.4. The normalized spacial score (nSPS) is 23.1. The van der Waals surface area contributed by atoms with Gasteiger partial charge in [0.2, 0.25) is 0 Å². The number of rotatable bonds is 9. The number of hydrogen-bond donors (Lipinski definition) is 2. The number of nitrogens with one attached hydrogen (secondary N) is 2. The van der Waals surface area contributed by atoms with E-state index in [1.807, 2.05) is 9.80 Å². The molecule has 210 valence electrons. The zero-order valence-corrected chi connectivity index (χ0v) is 24.8. The first-order valence-electron chi connectivity index (χ1n) is 13.8. The molecule has 0 aromatic rings. The molecule has 2 heterocycles. The summed E-state index contributed by atoms with van der Waals surface area (Å²) in [6.45, 7) is 19.0. The maximum absolute atomic E-state index is 12.7. The average molecular weight is 511 g/mol. The molecule has 2 aliphatic heterocycles. The molecule has 0 atom stereocenters. The number of unbranched alkanes of at least 4 members (excludes halogenated alkanes) is 3. The molecular weight excluding hydrogens is 456 g/mol. The first-order valence-corrected chi connectivity index (χ1v) is 13.8. The highest BCUT2D eigenvalue weighted by atomic mass is 16.5. The Morgan fingerprint density at radius 1 is 0.611 bits per heavy atom. The number of carbonyl (C=O) groups excluding carboxylic acids is 2. The Morgan fingerprint density at radius 2 is 0.889 bits per heavy atom. The summed E-state index contributed by atoms with van der Waals surface area (Å²) in [7, 11) is 2.94. The lowest BCUT2D eigenvalue weighted by Crippen LogP contribution is -2.63. The molecule has 0 aromatic heterocycles. The van der Waals surface area contributed by atoms with Crippen LogP contribution in [0.3, 0.4) is 0 Å². The van der Waals surface area contributed by atoms with E-state index in [1.165, 1.54) is 14.2 Å². The standard InChI is InChI=1S/C28H54N4O4/c1-25(2)17-21(18-26(3,4)29-25)31(23(33)35-9)15-13-11-12-14-16-32(24(34)36-10)22-19-27(5,6)30-28(7,8)20-22/h21-22,29-30H,11-20H2,1-10H3. The van der Waals surface area contributed by atoms with Crippen LogP contribution in [0.25, 0.3) is 0 Å². The van der Waals surface area contributed by atoms with Crippen molar-refractivity contribution >= 4 is 12.2 Å². The van der Waals surface area contributed by atoms with Crippen LogP contribution in [-0.4, -0.2) is 83.5 Å². The molecule has 2 aliphatic rings. The molecule has 8 heteroatoms. The van der Waals surface area contributed by atoms with Gasteiger partial charge in [0.25, 0.3) is 0 Å². The summed E-state index contributed by atoms with van der Waals surface area (Å²) in [5.74, 6) is 0. The third-order valence-electron chi connectivity index (χ3n) is 7.59. The van der Waals surface area contributed by atoms with E-state index in [4.69, 9.17) is 9.47 Å². The van der Waals surface area contributed by atoms with Gasteiger partial charge in [0, 0.05) is 47.3 Å². The Labute approximate surface area is 220 Å². The number of hydrogen-bond acceptors (Lipinski definition) is 6. The van der Waals surface area contributed by atoms with Gasteiger partial charge in [0.15, 0.2) is 0 Å². The van der Waals surface area contributed by atoms with Gasteiger partial charge >= 0.3 is 12.2 Å². The van der Waals surface area contributed by atoms with Crippen molar-refractivity contribution in [2.24, 2.45) is 0 Å². The molecule has 2 N–H and O–H groups in total. The second-order valence-corrected chi connectivity index (χ2v) is 13.7. The van der Waals surface area contributed by atoms with Gasteiger partial charge < -0.3 is 29.9 Å². The lowest BCUT2D eigenvalue weighted by atomic mass is 9.79. The quantitative estimate of drug-likeness (QED) is 0.410. The molecule has 0 spiro atoms. The monoisotopic (exact) mass is 510 g/mol. The molecule has 0 aliphatic carbocycles. The van der Waals surface area contributed by atoms with E-state index < -0.39 is 0 Å². The predicted molar refractivity (Wildman–Crippen MR) is 145 cm³/mol. The SMILES string of the molecule is COC(=O)N(CCCCCCN(C(=O)OC)C1CC(C)(C)NC(C)(C)C1)C1CC(C)(C)NC(C)(C)C1. The average Bonchev–Trinajstić information content (AvgIpc) is 2.70. The van der Waals surface area contributed by atoms with E-state index in [1.54, 1.807) is 0 Å². The molecule has 0 bridgehead atoms. The highest BCUT2D eigenvalue weighted by Gasteiger charge is 2.42. The van der Waals surface area contributed by atoms with Crippen molar-refractivity contribution in [1.82, 2.24) is 20.4 Å². The molecule has 36 heavy (non-hydrogen) atoms. The lowest BCUT2D eigenvalue weighted by molar-refractivity contribution is 0.0505. The van der Waals surface area contributed by atoms with Gasteiger partial charge in [0.1, 0.15) is 0 Å². The van der Waals surface area contributed by atoms with Gasteiger partial charge in [-0.1, -0.05) is 12.8 Å². The second kappa shape index (κ2) is 11.9. The predicted octanol–water partition coefficient (Wildman–Crippen LogP) is 5.30. The highest BCUT2D eigenvalue weighted by molar-refractivity contribution is 5.68. The van der Waals surface area contributed by atoms with Crippen molar-refractivity contribution in [2.75, 3.05) is 27.3 Å². The van der Waals surface area contributed by atoms with Crippen LogP contribution in [0.1, 0.15) is 107 Å². The Morgan fingerprint density at radius 3 is 1.14 bits per heavy atom. The van der Waals surface area contributed by atoms with Gasteiger partial charge in [0.05, 0.1) is 14.2 Å². The molecule has 2 amide bonds. The van der Waals surface area contributed by atoms with Gasteiger partial charge in [-0.25, -0.2) is 9.59 Å². The maximum Gasteiger partial charge on any atom is 0.409 e. The van der Waals surface area contributed by atoms with Crippen LogP contribution in [0.2, 0.25) is 0 Å². The number of ether oxygens (including phenoxy) is 2. The number of carbonyl (C=O) groups is 2. The van der Waals surface area contributed by atoms with Crippen LogP contribution in [0, 0.1) is 0 Å². The molecule has 2 saturated heterocycles. The van der Waals surface area contributed by atoms with Crippen LogP contribution < -0.4 is 10.6 Å². The fourth-order valence-corrected chi connectivity index (χ4v) is 6.98. The molecule has 0 saturated carbocycles. The van der Waals surface area contributed by atoms with Crippen LogP contribution in [0.4, 0.5) is 9.59 Å². The van der Waals surface area contributed by atoms with Crippen molar-refractivity contribution in [3.05, 3.63) is 0 Å². The fourth-order valence-electron chi connectivity index (χ4n) is 6.98. The Bertz CT molecular complexity index is 656. The molecule has 2 rings (SSSR count). The van der Waals surface area contributed by atoms with E-state index in [9.17, 15) is 9.59 Å². The first-order chi connectivity index (χ1) is 16.5. The van der Waals surface area contributed by atoms with Crippen molar-refractivity contribution in [2.45, 2.75) is 141 Å². The lowest BCUT2D eigenvalue weighted by Gasteiger charge is -2.49. The number of methoxy groups -OCH3 is 2. The summed E-state index contributed by atoms with van der Waals surface area (Å²) in [5.41, 5.74) is -0.136. The summed E-state index contributed by atoms with van der Waals surface area (Å²) in [6.07, 6.45) is 7.00. The van der Waals surface area contributed by atoms with Gasteiger partial charge in [-0.15, -0.1) is 0 Å². The van der Waals surface area contributed by atoms with E-state index >= 15 is 0 Å². The smallest absolute Gasteiger partial charge is 0.409 e. The van der Waals surface area contributed by atoms with E-state index in [2.05, 4.69) is 66.0 Å². The number of piperidine rings is 2. The Kier molecular flexibility index (Phi) is 10.1. The molecule has 0 unspecified atom stereocenters. The minimum atomic E-state index is -0.235. The van der Waals surface area contributed by atoms with Gasteiger partial charge in [-0.3, -0.25) is 0 Å². The van der Waals surface area contributed by atoms with Gasteiger partial charge in [-0.05, 0) is 93.9 Å². The van der Waals surface area contributed by atoms with E-state index in [0.29, 0.717) is 13.1 Å². The minimum Gasteiger partial charge on any atom is -0.453 e. The summed E-state index contributed by atoms with van der Waals surface area (Å²) in [5, 5.41) is 7.39. The van der Waals surface area contributed by atoms with Crippen LogP contribution >= 0.6 is 0 Å². The minimum absolute atomic E-state index is 0.0339. The van der Waals surface area contributed by atoms with Crippen LogP contribution in [0.5, 0.6) is 0 Å². The Balaban J connectivity index is 1.90. The first kappa shape index (κ1) is 30.7. The summed E-state index contributed by atoms with van der Waals surface area (Å²) in [6, 6.07) is 0.315. The van der Waals surface area contributed by atoms with Crippen LogP contribution in [-0.2, 0) is 9.47 Å². The van der Waals surface area contributed by atoms with E-state index in [-0.39, 0.29) is 46.4 Å².